The van der Waals surface area contributed by atoms with Gasteiger partial charge >= 0.3 is 0 Å². The first kappa shape index (κ1) is 18.3. The molecule has 0 unspecified atom stereocenters. The molecular formula is C23H19N3O3. The van der Waals surface area contributed by atoms with Crippen LogP contribution in [0.4, 0.5) is 5.69 Å². The van der Waals surface area contributed by atoms with E-state index in [2.05, 4.69) is 5.10 Å². The van der Waals surface area contributed by atoms with E-state index < -0.39 is 0 Å². The van der Waals surface area contributed by atoms with Crippen molar-refractivity contribution in [1.82, 2.24) is 9.78 Å². The molecule has 4 rings (SSSR count). The van der Waals surface area contributed by atoms with E-state index in [0.29, 0.717) is 28.1 Å². The van der Waals surface area contributed by atoms with Crippen LogP contribution in [-0.2, 0) is 0 Å². The first-order valence-corrected chi connectivity index (χ1v) is 8.99. The molecule has 0 amide bonds. The highest BCUT2D eigenvalue weighted by Gasteiger charge is 2.21. The van der Waals surface area contributed by atoms with Gasteiger partial charge in [0.1, 0.15) is 11.5 Å². The molecule has 29 heavy (non-hydrogen) atoms. The van der Waals surface area contributed by atoms with Gasteiger partial charge in [0.2, 0.25) is 0 Å². The number of anilines is 1. The van der Waals surface area contributed by atoms with Crippen LogP contribution in [0.3, 0.4) is 0 Å². The average Bonchev–Trinajstić information content (AvgIpc) is 3.28. The Bertz CT molecular complexity index is 1170. The molecule has 0 bridgehead atoms. The van der Waals surface area contributed by atoms with Gasteiger partial charge in [-0.2, -0.15) is 5.10 Å². The summed E-state index contributed by atoms with van der Waals surface area (Å²) >= 11 is 0. The Kier molecular flexibility index (Phi) is 4.75. The zero-order valence-corrected chi connectivity index (χ0v) is 15.7. The lowest BCUT2D eigenvalue weighted by molar-refractivity contribution is 0.103. The number of carbonyl (C=O) groups is 1. The predicted octanol–water partition coefficient (Wildman–Crippen LogP) is 4.07. The number of nitrogens with zero attached hydrogens (tertiary/aromatic N) is 2. The van der Waals surface area contributed by atoms with Gasteiger partial charge in [0.05, 0.1) is 23.9 Å². The molecule has 0 spiro atoms. The van der Waals surface area contributed by atoms with Crippen molar-refractivity contribution in [3.8, 4) is 28.3 Å². The molecule has 0 radical (unpaired) electrons. The summed E-state index contributed by atoms with van der Waals surface area (Å²) in [5, 5.41) is 15.1. The van der Waals surface area contributed by atoms with Gasteiger partial charge in [0.25, 0.3) is 0 Å². The molecule has 0 aliphatic heterocycles. The van der Waals surface area contributed by atoms with E-state index in [0.717, 1.165) is 5.69 Å². The SMILES string of the molecule is COc1ccc(C(=O)c2ccc(-n3cccn3)cc2)c(O)c1-c1cccc(N)c1. The van der Waals surface area contributed by atoms with Crippen LogP contribution in [0, 0.1) is 0 Å². The van der Waals surface area contributed by atoms with Gasteiger partial charge in [0.15, 0.2) is 5.78 Å². The van der Waals surface area contributed by atoms with Crippen molar-refractivity contribution in [1.29, 1.82) is 0 Å². The number of ketones is 1. The van der Waals surface area contributed by atoms with E-state index in [4.69, 9.17) is 10.5 Å². The lowest BCUT2D eigenvalue weighted by Crippen LogP contribution is -2.04. The summed E-state index contributed by atoms with van der Waals surface area (Å²) < 4.78 is 7.10. The molecule has 144 valence electrons. The summed E-state index contributed by atoms with van der Waals surface area (Å²) in [7, 11) is 1.51. The van der Waals surface area contributed by atoms with Gasteiger partial charge in [-0.05, 0) is 60.2 Å². The molecule has 3 aromatic carbocycles. The maximum absolute atomic E-state index is 13.1. The van der Waals surface area contributed by atoms with E-state index in [1.54, 1.807) is 71.5 Å². The summed E-state index contributed by atoms with van der Waals surface area (Å²) in [6.07, 6.45) is 3.51. The second-order valence-electron chi connectivity index (χ2n) is 6.49. The Morgan fingerprint density at radius 2 is 1.86 bits per heavy atom. The number of aromatic hydroxyl groups is 1. The van der Waals surface area contributed by atoms with Gasteiger partial charge < -0.3 is 15.6 Å². The minimum absolute atomic E-state index is 0.142. The average molecular weight is 385 g/mol. The Labute approximate surface area is 167 Å². The molecule has 4 aromatic rings. The van der Waals surface area contributed by atoms with E-state index in [1.165, 1.54) is 7.11 Å². The fourth-order valence-electron chi connectivity index (χ4n) is 3.24. The first-order valence-electron chi connectivity index (χ1n) is 8.99. The number of hydrogen-bond acceptors (Lipinski definition) is 5. The Morgan fingerprint density at radius 1 is 1.07 bits per heavy atom. The van der Waals surface area contributed by atoms with Gasteiger partial charge in [-0.15, -0.1) is 0 Å². The number of ether oxygens (including phenoxy) is 1. The molecule has 1 aromatic heterocycles. The minimum Gasteiger partial charge on any atom is -0.506 e. The summed E-state index contributed by atoms with van der Waals surface area (Å²) in [6.45, 7) is 0. The maximum atomic E-state index is 13.1. The summed E-state index contributed by atoms with van der Waals surface area (Å²) in [4.78, 5) is 13.1. The molecule has 0 aliphatic rings. The summed E-state index contributed by atoms with van der Waals surface area (Å²) in [6, 6.07) is 19.2. The summed E-state index contributed by atoms with van der Waals surface area (Å²) in [5.41, 5.74) is 9.02. The quantitative estimate of drug-likeness (QED) is 0.399. The Morgan fingerprint density at radius 3 is 2.52 bits per heavy atom. The molecule has 6 heteroatoms. The normalized spacial score (nSPS) is 10.7. The minimum atomic E-state index is -0.290. The number of nitrogen functional groups attached to an aromatic ring is 1. The second-order valence-corrected chi connectivity index (χ2v) is 6.49. The maximum Gasteiger partial charge on any atom is 0.196 e. The molecule has 3 N–H and O–H groups in total. The molecule has 0 saturated heterocycles. The Hall–Kier alpha value is -4.06. The number of aromatic nitrogens is 2. The molecule has 1 heterocycles. The van der Waals surface area contributed by atoms with Crippen molar-refractivity contribution in [3.05, 3.63) is 90.3 Å². The molecular weight excluding hydrogens is 366 g/mol. The van der Waals surface area contributed by atoms with Crippen LogP contribution in [0.1, 0.15) is 15.9 Å². The monoisotopic (exact) mass is 385 g/mol. The fourth-order valence-corrected chi connectivity index (χ4v) is 3.24. The number of phenolic OH excluding ortho intramolecular Hbond substituents is 1. The number of methoxy groups -OCH3 is 1. The van der Waals surface area contributed by atoms with Crippen molar-refractivity contribution in [2.45, 2.75) is 0 Å². The van der Waals surface area contributed by atoms with Crippen LogP contribution in [0.15, 0.2) is 79.1 Å². The molecule has 0 fully saturated rings. The molecule has 0 aliphatic carbocycles. The van der Waals surface area contributed by atoms with Crippen molar-refractivity contribution in [2.75, 3.05) is 12.8 Å². The van der Waals surface area contributed by atoms with E-state index in [-0.39, 0.29) is 17.1 Å². The topological polar surface area (TPSA) is 90.4 Å². The van der Waals surface area contributed by atoms with Gasteiger partial charge in [-0.25, -0.2) is 4.68 Å². The van der Waals surface area contributed by atoms with Crippen LogP contribution in [0.5, 0.6) is 11.5 Å². The number of carbonyl (C=O) groups excluding carboxylic acids is 1. The van der Waals surface area contributed by atoms with E-state index >= 15 is 0 Å². The zero-order chi connectivity index (χ0) is 20.4. The number of phenols is 1. The largest absolute Gasteiger partial charge is 0.506 e. The van der Waals surface area contributed by atoms with Crippen molar-refractivity contribution in [2.24, 2.45) is 0 Å². The van der Waals surface area contributed by atoms with Crippen molar-refractivity contribution >= 4 is 11.5 Å². The second kappa shape index (κ2) is 7.52. The highest BCUT2D eigenvalue weighted by molar-refractivity contribution is 6.12. The Balaban J connectivity index is 1.75. The van der Waals surface area contributed by atoms with Crippen molar-refractivity contribution in [3.63, 3.8) is 0 Å². The molecule has 0 atom stereocenters. The highest BCUT2D eigenvalue weighted by Crippen LogP contribution is 2.41. The van der Waals surface area contributed by atoms with E-state index in [9.17, 15) is 9.90 Å². The lowest BCUT2D eigenvalue weighted by Gasteiger charge is -2.14. The predicted molar refractivity (Wildman–Crippen MR) is 112 cm³/mol. The zero-order valence-electron chi connectivity index (χ0n) is 15.7. The molecule has 6 nitrogen and oxygen atoms in total. The third kappa shape index (κ3) is 3.43. The van der Waals surface area contributed by atoms with Crippen LogP contribution in [0.25, 0.3) is 16.8 Å². The van der Waals surface area contributed by atoms with Crippen molar-refractivity contribution < 1.29 is 14.6 Å². The van der Waals surface area contributed by atoms with Gasteiger partial charge in [-0.3, -0.25) is 4.79 Å². The smallest absolute Gasteiger partial charge is 0.196 e. The number of benzene rings is 3. The highest BCUT2D eigenvalue weighted by atomic mass is 16.5. The fraction of sp³-hybridized carbons (Fsp3) is 0.0435. The third-order valence-electron chi connectivity index (χ3n) is 4.68. The van der Waals surface area contributed by atoms with Crippen LogP contribution >= 0.6 is 0 Å². The molecule has 0 saturated carbocycles. The van der Waals surface area contributed by atoms with Crippen LogP contribution in [-0.4, -0.2) is 27.8 Å². The first-order chi connectivity index (χ1) is 14.1. The lowest BCUT2D eigenvalue weighted by atomic mass is 9.95. The van der Waals surface area contributed by atoms with Crippen LogP contribution < -0.4 is 10.5 Å². The number of hydrogen-bond donors (Lipinski definition) is 2. The summed E-state index contributed by atoms with van der Waals surface area (Å²) in [5.74, 6) is 0.0251. The number of rotatable bonds is 5. The van der Waals surface area contributed by atoms with Crippen LogP contribution in [0.2, 0.25) is 0 Å². The van der Waals surface area contributed by atoms with Gasteiger partial charge in [0, 0.05) is 23.6 Å². The van der Waals surface area contributed by atoms with Gasteiger partial charge in [-0.1, -0.05) is 12.1 Å². The third-order valence-corrected chi connectivity index (χ3v) is 4.68. The van der Waals surface area contributed by atoms with E-state index in [1.807, 2.05) is 12.3 Å². The standard InChI is InChI=1S/C23H19N3O3/c1-29-20-11-10-19(23(28)21(20)16-4-2-5-17(24)14-16)22(27)15-6-8-18(9-7-15)26-13-3-12-25-26/h2-14,28H,24H2,1H3. The number of nitrogens with two attached hydrogens (primary N) is 1.